The third-order valence-electron chi connectivity index (χ3n) is 4.47. The van der Waals surface area contributed by atoms with E-state index in [0.29, 0.717) is 23.7 Å². The number of carbonyl (C=O) groups excluding carboxylic acids is 1. The van der Waals surface area contributed by atoms with Gasteiger partial charge in [0, 0.05) is 23.8 Å². The Morgan fingerprint density at radius 3 is 2.41 bits per heavy atom. The normalized spacial score (nSPS) is 10.6. The molecule has 0 radical (unpaired) electrons. The van der Waals surface area contributed by atoms with Crippen molar-refractivity contribution in [2.45, 2.75) is 27.3 Å². The van der Waals surface area contributed by atoms with Gasteiger partial charge in [0.05, 0.1) is 6.61 Å². The molecule has 0 bridgehead atoms. The average molecular weight is 393 g/mol. The molecule has 0 saturated carbocycles. The van der Waals surface area contributed by atoms with Gasteiger partial charge in [0.15, 0.2) is 0 Å². The molecule has 3 aromatic rings. The molecule has 7 nitrogen and oxygen atoms in total. The summed E-state index contributed by atoms with van der Waals surface area (Å²) in [6, 6.07) is 12.6. The second kappa shape index (κ2) is 8.60. The molecular formula is C22H23N3O4. The average Bonchev–Trinajstić information content (AvgIpc) is 2.69. The van der Waals surface area contributed by atoms with Gasteiger partial charge >= 0.3 is 11.1 Å². The number of hydrogen-bond acceptors (Lipinski definition) is 4. The van der Waals surface area contributed by atoms with Crippen molar-refractivity contribution in [3.05, 3.63) is 86.7 Å². The summed E-state index contributed by atoms with van der Waals surface area (Å²) in [6.07, 6.45) is 2.91. The van der Waals surface area contributed by atoms with Crippen molar-refractivity contribution in [3.63, 3.8) is 0 Å². The van der Waals surface area contributed by atoms with E-state index in [4.69, 9.17) is 4.74 Å². The Hall–Kier alpha value is -3.61. The van der Waals surface area contributed by atoms with E-state index in [0.717, 1.165) is 15.7 Å². The Bertz CT molecular complexity index is 1140. The summed E-state index contributed by atoms with van der Waals surface area (Å²) in [6.45, 7) is 6.00. The predicted octanol–water partition coefficient (Wildman–Crippen LogP) is 2.65. The van der Waals surface area contributed by atoms with Gasteiger partial charge in [-0.25, -0.2) is 0 Å². The predicted molar refractivity (Wildman–Crippen MR) is 112 cm³/mol. The van der Waals surface area contributed by atoms with Crippen molar-refractivity contribution >= 4 is 11.6 Å². The molecule has 1 N–H and O–H groups in total. The standard InChI is InChI=1S/C22H23N3O4/c1-4-29-18-9-7-17(8-10-18)25-12-11-24(21(27)22(25)28)14-20(26)23-19-13-15(2)5-6-16(19)3/h5-13H,4,14H2,1-3H3,(H,23,26). The second-order valence-electron chi connectivity index (χ2n) is 6.70. The third kappa shape index (κ3) is 4.63. The molecule has 0 fully saturated rings. The van der Waals surface area contributed by atoms with E-state index in [1.807, 2.05) is 39.0 Å². The Balaban J connectivity index is 1.80. The molecule has 0 aliphatic heterocycles. The van der Waals surface area contributed by atoms with Gasteiger partial charge in [0.25, 0.3) is 0 Å². The molecule has 1 heterocycles. The topological polar surface area (TPSA) is 82.3 Å². The monoisotopic (exact) mass is 393 g/mol. The van der Waals surface area contributed by atoms with Crippen LogP contribution in [-0.2, 0) is 11.3 Å². The van der Waals surface area contributed by atoms with Crippen LogP contribution in [0.3, 0.4) is 0 Å². The van der Waals surface area contributed by atoms with Crippen LogP contribution in [-0.4, -0.2) is 21.6 Å². The number of rotatable bonds is 6. The van der Waals surface area contributed by atoms with Gasteiger partial charge in [-0.05, 0) is 62.2 Å². The van der Waals surface area contributed by atoms with E-state index in [1.54, 1.807) is 24.3 Å². The van der Waals surface area contributed by atoms with E-state index >= 15 is 0 Å². The fourth-order valence-electron chi connectivity index (χ4n) is 2.92. The minimum absolute atomic E-state index is 0.244. The Labute approximate surface area is 168 Å². The first-order valence-electron chi connectivity index (χ1n) is 9.31. The Kier molecular flexibility index (Phi) is 5.97. The van der Waals surface area contributed by atoms with Crippen LogP contribution in [0.4, 0.5) is 5.69 Å². The van der Waals surface area contributed by atoms with Crippen molar-refractivity contribution in [2.24, 2.45) is 0 Å². The maximum absolute atomic E-state index is 12.5. The van der Waals surface area contributed by atoms with Crippen molar-refractivity contribution in [1.29, 1.82) is 0 Å². The van der Waals surface area contributed by atoms with Crippen LogP contribution in [0.1, 0.15) is 18.1 Å². The summed E-state index contributed by atoms with van der Waals surface area (Å²) >= 11 is 0. The quantitative estimate of drug-likeness (QED) is 0.653. The van der Waals surface area contributed by atoms with Gasteiger partial charge in [0.1, 0.15) is 12.3 Å². The van der Waals surface area contributed by atoms with Gasteiger partial charge in [-0.1, -0.05) is 12.1 Å². The first kappa shape index (κ1) is 20.1. The molecule has 29 heavy (non-hydrogen) atoms. The van der Waals surface area contributed by atoms with Crippen molar-refractivity contribution < 1.29 is 9.53 Å². The van der Waals surface area contributed by atoms with Crippen molar-refractivity contribution in [2.75, 3.05) is 11.9 Å². The maximum atomic E-state index is 12.5. The van der Waals surface area contributed by atoms with Crippen LogP contribution in [0.2, 0.25) is 0 Å². The molecule has 3 rings (SSSR count). The summed E-state index contributed by atoms with van der Waals surface area (Å²) in [5, 5.41) is 2.79. The highest BCUT2D eigenvalue weighted by atomic mass is 16.5. The summed E-state index contributed by atoms with van der Waals surface area (Å²) in [7, 11) is 0. The van der Waals surface area contributed by atoms with Crippen LogP contribution in [0.25, 0.3) is 5.69 Å². The number of ether oxygens (including phenoxy) is 1. The lowest BCUT2D eigenvalue weighted by molar-refractivity contribution is -0.116. The first-order valence-corrected chi connectivity index (χ1v) is 9.31. The van der Waals surface area contributed by atoms with Crippen LogP contribution >= 0.6 is 0 Å². The van der Waals surface area contributed by atoms with Crippen LogP contribution < -0.4 is 21.2 Å². The minimum atomic E-state index is -0.766. The molecule has 2 aromatic carbocycles. The number of aromatic nitrogens is 2. The lowest BCUT2D eigenvalue weighted by Gasteiger charge is -2.12. The number of amides is 1. The lowest BCUT2D eigenvalue weighted by Crippen LogP contribution is -2.41. The van der Waals surface area contributed by atoms with Gasteiger partial charge < -0.3 is 10.1 Å². The van der Waals surface area contributed by atoms with Gasteiger partial charge in [0.2, 0.25) is 5.91 Å². The fourth-order valence-corrected chi connectivity index (χ4v) is 2.92. The third-order valence-corrected chi connectivity index (χ3v) is 4.47. The summed E-state index contributed by atoms with van der Waals surface area (Å²) in [4.78, 5) is 37.3. The molecule has 0 unspecified atom stereocenters. The second-order valence-corrected chi connectivity index (χ2v) is 6.70. The highest BCUT2D eigenvalue weighted by Gasteiger charge is 2.11. The van der Waals surface area contributed by atoms with Gasteiger partial charge in [-0.15, -0.1) is 0 Å². The van der Waals surface area contributed by atoms with Gasteiger partial charge in [-0.3, -0.25) is 23.5 Å². The Morgan fingerprint density at radius 2 is 1.72 bits per heavy atom. The van der Waals surface area contributed by atoms with E-state index in [2.05, 4.69) is 5.32 Å². The van der Waals surface area contributed by atoms with E-state index in [-0.39, 0.29) is 12.5 Å². The molecule has 1 aromatic heterocycles. The number of benzene rings is 2. The molecule has 1 amide bonds. The Morgan fingerprint density at radius 1 is 1.00 bits per heavy atom. The highest BCUT2D eigenvalue weighted by molar-refractivity contribution is 5.91. The zero-order chi connectivity index (χ0) is 21.0. The molecule has 0 aliphatic carbocycles. The summed E-state index contributed by atoms with van der Waals surface area (Å²) < 4.78 is 7.73. The van der Waals surface area contributed by atoms with Crippen LogP contribution in [0, 0.1) is 13.8 Å². The zero-order valence-electron chi connectivity index (χ0n) is 16.6. The minimum Gasteiger partial charge on any atom is -0.494 e. The highest BCUT2D eigenvalue weighted by Crippen LogP contribution is 2.16. The van der Waals surface area contributed by atoms with Gasteiger partial charge in [-0.2, -0.15) is 0 Å². The summed E-state index contributed by atoms with van der Waals surface area (Å²) in [5.41, 5.74) is 1.67. The number of aryl methyl sites for hydroxylation is 2. The molecule has 0 aliphatic rings. The lowest BCUT2D eigenvalue weighted by atomic mass is 10.1. The maximum Gasteiger partial charge on any atom is 0.320 e. The van der Waals surface area contributed by atoms with E-state index in [9.17, 15) is 14.4 Å². The zero-order valence-corrected chi connectivity index (χ0v) is 16.6. The molecule has 0 spiro atoms. The first-order chi connectivity index (χ1) is 13.9. The molecule has 0 atom stereocenters. The number of carbonyl (C=O) groups is 1. The molecule has 150 valence electrons. The molecular weight excluding hydrogens is 370 g/mol. The van der Waals surface area contributed by atoms with E-state index in [1.165, 1.54) is 17.0 Å². The SMILES string of the molecule is CCOc1ccc(-n2ccn(CC(=O)Nc3cc(C)ccc3C)c(=O)c2=O)cc1. The van der Waals surface area contributed by atoms with Crippen molar-refractivity contribution in [3.8, 4) is 11.4 Å². The number of anilines is 1. The smallest absolute Gasteiger partial charge is 0.320 e. The molecule has 7 heteroatoms. The number of hydrogen-bond donors (Lipinski definition) is 1. The van der Waals surface area contributed by atoms with Crippen LogP contribution in [0.15, 0.2) is 64.4 Å². The van der Waals surface area contributed by atoms with E-state index < -0.39 is 11.1 Å². The van der Waals surface area contributed by atoms with Crippen LogP contribution in [0.5, 0.6) is 5.75 Å². The summed E-state index contributed by atoms with van der Waals surface area (Å²) in [5.74, 6) is 0.305. The fraction of sp³-hybridized carbons (Fsp3) is 0.227. The largest absolute Gasteiger partial charge is 0.494 e. The molecule has 0 saturated heterocycles. The number of nitrogens with one attached hydrogen (secondary N) is 1. The van der Waals surface area contributed by atoms with Crippen molar-refractivity contribution in [1.82, 2.24) is 9.13 Å². The number of nitrogens with zero attached hydrogens (tertiary/aromatic N) is 2.